The topological polar surface area (TPSA) is 46.2 Å². The van der Waals surface area contributed by atoms with Crippen LogP contribution >= 0.6 is 23.2 Å². The zero-order valence-corrected chi connectivity index (χ0v) is 11.3. The highest BCUT2D eigenvalue weighted by Crippen LogP contribution is 2.40. The van der Waals surface area contributed by atoms with Gasteiger partial charge < -0.3 is 0 Å². The molecule has 0 saturated carbocycles. The monoisotopic (exact) mass is 321 g/mol. The molecule has 1 aromatic rings. The molecule has 0 unspecified atom stereocenters. The molecule has 0 bridgehead atoms. The van der Waals surface area contributed by atoms with Crippen LogP contribution in [0.15, 0.2) is 17.0 Å². The maximum Gasteiger partial charge on any atom is 0.417 e. The molecule has 0 radical (unpaired) electrons. The van der Waals surface area contributed by atoms with Gasteiger partial charge in [0, 0.05) is 6.54 Å². The van der Waals surface area contributed by atoms with E-state index in [2.05, 4.69) is 4.72 Å². The predicted molar refractivity (Wildman–Crippen MR) is 62.3 cm³/mol. The fraction of sp³-hybridized carbons (Fsp3) is 0.333. The minimum atomic E-state index is -4.69. The third-order valence-electron chi connectivity index (χ3n) is 1.98. The summed E-state index contributed by atoms with van der Waals surface area (Å²) in [7, 11) is -3.96. The zero-order chi connectivity index (χ0) is 14.1. The molecular formula is C9H8Cl2F3NO2S. The Labute approximate surface area is 112 Å². The lowest BCUT2D eigenvalue weighted by Gasteiger charge is -2.13. The summed E-state index contributed by atoms with van der Waals surface area (Å²) in [6, 6.07) is 1.35. The molecular weight excluding hydrogens is 314 g/mol. The lowest BCUT2D eigenvalue weighted by molar-refractivity contribution is -0.137. The number of rotatable bonds is 3. The van der Waals surface area contributed by atoms with E-state index in [1.807, 2.05) is 0 Å². The second-order valence-electron chi connectivity index (χ2n) is 3.24. The first-order valence-corrected chi connectivity index (χ1v) is 6.90. The zero-order valence-electron chi connectivity index (χ0n) is 8.98. The van der Waals surface area contributed by atoms with Crippen LogP contribution in [-0.4, -0.2) is 15.0 Å². The van der Waals surface area contributed by atoms with Crippen LogP contribution < -0.4 is 4.72 Å². The van der Waals surface area contributed by atoms with E-state index in [0.29, 0.717) is 6.07 Å². The standard InChI is InChI=1S/C9H8Cl2F3NO2S/c1-2-15-18(16,17)6-4-3-5(9(12,13)14)7(10)8(6)11/h3-4,15H,2H2,1H3. The molecule has 0 aliphatic carbocycles. The smallest absolute Gasteiger partial charge is 0.211 e. The van der Waals surface area contributed by atoms with Crippen molar-refractivity contribution in [1.29, 1.82) is 0 Å². The molecule has 1 aromatic carbocycles. The van der Waals surface area contributed by atoms with Gasteiger partial charge in [0.15, 0.2) is 0 Å². The normalized spacial score (nSPS) is 12.8. The van der Waals surface area contributed by atoms with Gasteiger partial charge in [-0.3, -0.25) is 0 Å². The number of sulfonamides is 1. The maximum absolute atomic E-state index is 12.5. The van der Waals surface area contributed by atoms with E-state index in [-0.39, 0.29) is 6.54 Å². The summed E-state index contributed by atoms with van der Waals surface area (Å²) in [4.78, 5) is -0.482. The maximum atomic E-state index is 12.5. The van der Waals surface area contributed by atoms with Crippen LogP contribution in [0.5, 0.6) is 0 Å². The molecule has 0 aliphatic heterocycles. The third kappa shape index (κ3) is 3.09. The molecule has 0 fully saturated rings. The molecule has 3 nitrogen and oxygen atoms in total. The Hall–Kier alpha value is -0.500. The highest BCUT2D eigenvalue weighted by Gasteiger charge is 2.35. The molecule has 9 heteroatoms. The van der Waals surface area contributed by atoms with Crippen molar-refractivity contribution in [3.05, 3.63) is 27.7 Å². The predicted octanol–water partition coefficient (Wildman–Crippen LogP) is 3.31. The lowest BCUT2D eigenvalue weighted by atomic mass is 10.2. The second kappa shape index (κ2) is 5.24. The average molecular weight is 322 g/mol. The van der Waals surface area contributed by atoms with Crippen molar-refractivity contribution in [2.45, 2.75) is 18.0 Å². The summed E-state index contributed by atoms with van der Waals surface area (Å²) in [6.45, 7) is 1.61. The molecule has 1 rings (SSSR count). The van der Waals surface area contributed by atoms with E-state index < -0.39 is 36.7 Å². The van der Waals surface area contributed by atoms with Crippen LogP contribution in [0.4, 0.5) is 13.2 Å². The van der Waals surface area contributed by atoms with Gasteiger partial charge in [-0.15, -0.1) is 0 Å². The van der Waals surface area contributed by atoms with Crippen LogP contribution in [0.3, 0.4) is 0 Å². The summed E-state index contributed by atoms with van der Waals surface area (Å²) < 4.78 is 62.9. The summed E-state index contributed by atoms with van der Waals surface area (Å²) in [6.07, 6.45) is -4.69. The molecule has 0 spiro atoms. The molecule has 0 atom stereocenters. The number of hydrogen-bond acceptors (Lipinski definition) is 2. The number of benzene rings is 1. The third-order valence-corrected chi connectivity index (χ3v) is 4.56. The quantitative estimate of drug-likeness (QED) is 0.928. The first-order valence-electron chi connectivity index (χ1n) is 4.66. The second-order valence-corrected chi connectivity index (χ2v) is 5.73. The summed E-state index contributed by atoms with van der Waals surface area (Å²) in [5.41, 5.74) is -1.18. The van der Waals surface area contributed by atoms with Gasteiger partial charge in [-0.05, 0) is 12.1 Å². The van der Waals surface area contributed by atoms with Gasteiger partial charge in [-0.2, -0.15) is 13.2 Å². The van der Waals surface area contributed by atoms with Gasteiger partial charge in [-0.1, -0.05) is 30.1 Å². The Bertz CT molecular complexity index is 558. The summed E-state index contributed by atoms with van der Waals surface area (Å²) in [5.74, 6) is 0. The van der Waals surface area contributed by atoms with Crippen molar-refractivity contribution in [3.8, 4) is 0 Å². The van der Waals surface area contributed by atoms with E-state index in [9.17, 15) is 21.6 Å². The molecule has 0 heterocycles. The number of alkyl halides is 3. The van der Waals surface area contributed by atoms with Crippen molar-refractivity contribution in [1.82, 2.24) is 4.72 Å². The van der Waals surface area contributed by atoms with Gasteiger partial charge in [0.05, 0.1) is 15.6 Å². The Morgan fingerprint density at radius 2 is 1.78 bits per heavy atom. The summed E-state index contributed by atoms with van der Waals surface area (Å²) in [5, 5.41) is -1.48. The Morgan fingerprint density at radius 3 is 2.22 bits per heavy atom. The molecule has 0 amide bonds. The Balaban J connectivity index is 3.43. The van der Waals surface area contributed by atoms with Gasteiger partial charge in [0.2, 0.25) is 10.0 Å². The number of hydrogen-bond donors (Lipinski definition) is 1. The molecule has 1 N–H and O–H groups in total. The Kier molecular flexibility index (Phi) is 4.53. The van der Waals surface area contributed by atoms with Crippen LogP contribution in [0, 0.1) is 0 Å². The van der Waals surface area contributed by atoms with Crippen molar-refractivity contribution in [3.63, 3.8) is 0 Å². The van der Waals surface area contributed by atoms with Crippen LogP contribution in [0.25, 0.3) is 0 Å². The first kappa shape index (κ1) is 15.6. The summed E-state index contributed by atoms with van der Waals surface area (Å²) >= 11 is 11.0. The molecule has 0 aromatic heterocycles. The van der Waals surface area contributed by atoms with Gasteiger partial charge in [0.1, 0.15) is 4.90 Å². The van der Waals surface area contributed by atoms with Crippen LogP contribution in [0.1, 0.15) is 12.5 Å². The van der Waals surface area contributed by atoms with E-state index in [0.717, 1.165) is 6.07 Å². The van der Waals surface area contributed by atoms with E-state index in [1.54, 1.807) is 0 Å². The molecule has 18 heavy (non-hydrogen) atoms. The fourth-order valence-electron chi connectivity index (χ4n) is 1.23. The van der Waals surface area contributed by atoms with Crippen molar-refractivity contribution >= 4 is 33.2 Å². The highest BCUT2D eigenvalue weighted by molar-refractivity contribution is 7.89. The lowest BCUT2D eigenvalue weighted by Crippen LogP contribution is -2.23. The van der Waals surface area contributed by atoms with Crippen molar-refractivity contribution in [2.24, 2.45) is 0 Å². The van der Waals surface area contributed by atoms with Gasteiger partial charge in [-0.25, -0.2) is 13.1 Å². The first-order chi connectivity index (χ1) is 8.11. The number of halogens is 5. The largest absolute Gasteiger partial charge is 0.417 e. The van der Waals surface area contributed by atoms with Crippen LogP contribution in [0.2, 0.25) is 10.0 Å². The van der Waals surface area contributed by atoms with E-state index in [1.165, 1.54) is 6.92 Å². The van der Waals surface area contributed by atoms with Crippen LogP contribution in [-0.2, 0) is 16.2 Å². The minimum absolute atomic E-state index is 0.0807. The number of nitrogens with one attached hydrogen (secondary N) is 1. The molecule has 0 saturated heterocycles. The van der Waals surface area contributed by atoms with Crippen molar-refractivity contribution in [2.75, 3.05) is 6.54 Å². The SMILES string of the molecule is CCNS(=O)(=O)c1ccc(C(F)(F)F)c(Cl)c1Cl. The van der Waals surface area contributed by atoms with Gasteiger partial charge >= 0.3 is 6.18 Å². The van der Waals surface area contributed by atoms with Gasteiger partial charge in [0.25, 0.3) is 0 Å². The molecule has 0 aliphatic rings. The fourth-order valence-corrected chi connectivity index (χ4v) is 3.14. The average Bonchev–Trinajstić information content (AvgIpc) is 2.19. The van der Waals surface area contributed by atoms with Crippen molar-refractivity contribution < 1.29 is 21.6 Å². The highest BCUT2D eigenvalue weighted by atomic mass is 35.5. The Morgan fingerprint density at radius 1 is 1.22 bits per heavy atom. The van der Waals surface area contributed by atoms with E-state index in [4.69, 9.17) is 23.2 Å². The van der Waals surface area contributed by atoms with E-state index >= 15 is 0 Å². The molecule has 102 valence electrons. The minimum Gasteiger partial charge on any atom is -0.211 e.